The molecule has 1 nitrogen and oxygen atoms in total. The van der Waals surface area contributed by atoms with Gasteiger partial charge in [-0.25, -0.2) is 0 Å². The summed E-state index contributed by atoms with van der Waals surface area (Å²) in [6, 6.07) is 0. The van der Waals surface area contributed by atoms with Gasteiger partial charge in [-0.2, -0.15) is 0 Å². The van der Waals surface area contributed by atoms with Gasteiger partial charge in [-0.3, -0.25) is 0 Å². The van der Waals surface area contributed by atoms with Crippen LogP contribution in [0.5, 0.6) is 0 Å². The highest BCUT2D eigenvalue weighted by Crippen LogP contribution is 1.69. The van der Waals surface area contributed by atoms with E-state index in [2.05, 4.69) is 6.58 Å². The lowest BCUT2D eigenvalue weighted by Crippen LogP contribution is -1.77. The second-order valence-electron chi connectivity index (χ2n) is 0.707. The number of hydrogen-bond donors (Lipinski definition) is 1. The molecule has 1 radical (unpaired) electrons. The highest BCUT2D eigenvalue weighted by atomic mass is 16.2. The van der Waals surface area contributed by atoms with Crippen molar-refractivity contribution in [2.75, 3.05) is 0 Å². The average Bonchev–Trinajstić information content (AvgIpc) is 1.41. The first kappa shape index (κ1) is 4.76. The normalized spacial score (nSPS) is 6.60. The molecule has 1 N–H and O–H groups in total. The summed E-state index contributed by atoms with van der Waals surface area (Å²) >= 11 is 0. The van der Waals surface area contributed by atoms with Crippen LogP contribution in [0.15, 0.2) is 12.7 Å². The van der Waals surface area contributed by atoms with Crippen molar-refractivity contribution < 1.29 is 5.02 Å². The molecule has 0 unspecified atom stereocenters. The lowest BCUT2D eigenvalue weighted by Gasteiger charge is -1.68. The van der Waals surface area contributed by atoms with Crippen LogP contribution in [0.4, 0.5) is 0 Å². The molecule has 0 aliphatic carbocycles. The third kappa shape index (κ3) is 3.76. The van der Waals surface area contributed by atoms with Crippen LogP contribution in [-0.2, 0) is 0 Å². The van der Waals surface area contributed by atoms with Crippen LogP contribution in [0.3, 0.4) is 0 Å². The van der Waals surface area contributed by atoms with Crippen LogP contribution in [0.2, 0.25) is 6.32 Å². The highest BCUT2D eigenvalue weighted by molar-refractivity contribution is 6.25. The molecule has 0 bridgehead atoms. The van der Waals surface area contributed by atoms with E-state index in [1.54, 1.807) is 6.08 Å². The third-order valence-electron chi connectivity index (χ3n) is 0.272. The maximum atomic E-state index is 7.87. The molecule has 5 heavy (non-hydrogen) atoms. The Labute approximate surface area is 32.6 Å². The van der Waals surface area contributed by atoms with Crippen molar-refractivity contribution >= 4 is 7.48 Å². The van der Waals surface area contributed by atoms with Crippen LogP contribution in [0, 0.1) is 0 Å². The van der Waals surface area contributed by atoms with Crippen molar-refractivity contribution in [1.29, 1.82) is 0 Å². The summed E-state index contributed by atoms with van der Waals surface area (Å²) in [5.74, 6) is 0. The maximum Gasteiger partial charge on any atom is 0.291 e. The second-order valence-corrected chi connectivity index (χ2v) is 0.707. The number of rotatable bonds is 2. The summed E-state index contributed by atoms with van der Waals surface area (Å²) in [6.07, 6.45) is 2.21. The predicted molar refractivity (Wildman–Crippen MR) is 23.0 cm³/mol. The molecule has 0 rings (SSSR count). The van der Waals surface area contributed by atoms with Crippen LogP contribution in [0.25, 0.3) is 0 Å². The lowest BCUT2D eigenvalue weighted by atomic mass is 9.97. The van der Waals surface area contributed by atoms with Gasteiger partial charge < -0.3 is 5.02 Å². The molecule has 0 saturated carbocycles. The van der Waals surface area contributed by atoms with Crippen LogP contribution in [-0.4, -0.2) is 12.5 Å². The predicted octanol–water partition coefficient (Wildman–Crippen LogP) is 0.202. The molecule has 0 aromatic heterocycles. The standard InChI is InChI=1S/C3H6BO/c1-2-3-4-5/h2,5H,1,3H2. The summed E-state index contributed by atoms with van der Waals surface area (Å²) in [5, 5.41) is 7.87. The van der Waals surface area contributed by atoms with E-state index in [1.165, 1.54) is 0 Å². The zero-order valence-corrected chi connectivity index (χ0v) is 3.02. The molecular weight excluding hydrogens is 62.8 g/mol. The van der Waals surface area contributed by atoms with E-state index in [0.717, 1.165) is 7.48 Å². The summed E-state index contributed by atoms with van der Waals surface area (Å²) in [4.78, 5) is 0. The van der Waals surface area contributed by atoms with E-state index in [4.69, 9.17) is 5.02 Å². The zero-order valence-electron chi connectivity index (χ0n) is 3.02. The second kappa shape index (κ2) is 3.76. The number of allylic oxidation sites excluding steroid dienone is 1. The molecular formula is C3H6BO. The molecule has 0 amide bonds. The lowest BCUT2D eigenvalue weighted by molar-refractivity contribution is 0.605. The van der Waals surface area contributed by atoms with Crippen molar-refractivity contribution in [1.82, 2.24) is 0 Å². The van der Waals surface area contributed by atoms with Crippen LogP contribution < -0.4 is 0 Å². The van der Waals surface area contributed by atoms with E-state index in [0.29, 0.717) is 6.32 Å². The highest BCUT2D eigenvalue weighted by Gasteiger charge is 1.70. The average molecular weight is 68.9 g/mol. The Morgan fingerprint density at radius 3 is 2.60 bits per heavy atom. The van der Waals surface area contributed by atoms with Gasteiger partial charge in [-0.15, -0.1) is 6.58 Å². The van der Waals surface area contributed by atoms with Gasteiger partial charge in [-0.1, -0.05) is 6.08 Å². The molecule has 0 aliphatic heterocycles. The largest absolute Gasteiger partial charge is 0.454 e. The van der Waals surface area contributed by atoms with Gasteiger partial charge >= 0.3 is 0 Å². The van der Waals surface area contributed by atoms with Crippen LogP contribution >= 0.6 is 0 Å². The summed E-state index contributed by atoms with van der Waals surface area (Å²) in [5.41, 5.74) is 0. The van der Waals surface area contributed by atoms with Gasteiger partial charge in [0.15, 0.2) is 0 Å². The van der Waals surface area contributed by atoms with Crippen molar-refractivity contribution in [3.05, 3.63) is 12.7 Å². The molecule has 0 heterocycles. The fourth-order valence-corrected chi connectivity index (χ4v) is 0.0745. The van der Waals surface area contributed by atoms with Crippen molar-refractivity contribution in [3.8, 4) is 0 Å². The SMILES string of the molecule is C=CC[B]O. The zero-order chi connectivity index (χ0) is 4.12. The Morgan fingerprint density at radius 1 is 2.00 bits per heavy atom. The van der Waals surface area contributed by atoms with Gasteiger partial charge in [0.1, 0.15) is 0 Å². The quantitative estimate of drug-likeness (QED) is 0.362. The minimum atomic E-state index is 0.583. The Balaban J connectivity index is 2.40. The Hall–Kier alpha value is -0.235. The van der Waals surface area contributed by atoms with Crippen LogP contribution in [0.1, 0.15) is 0 Å². The summed E-state index contributed by atoms with van der Waals surface area (Å²) in [7, 11) is 1.06. The molecule has 0 aromatic carbocycles. The molecule has 0 spiro atoms. The van der Waals surface area contributed by atoms with E-state index in [-0.39, 0.29) is 0 Å². The first-order valence-electron chi connectivity index (χ1n) is 1.48. The molecule has 0 atom stereocenters. The Bertz CT molecular complexity index is 28.1. The minimum Gasteiger partial charge on any atom is -0.454 e. The topological polar surface area (TPSA) is 20.2 Å². The molecule has 0 aliphatic rings. The molecule has 0 aromatic rings. The van der Waals surface area contributed by atoms with Gasteiger partial charge in [0.05, 0.1) is 0 Å². The minimum absolute atomic E-state index is 0.583. The van der Waals surface area contributed by atoms with Gasteiger partial charge in [0.2, 0.25) is 0 Å². The monoisotopic (exact) mass is 69.1 g/mol. The van der Waals surface area contributed by atoms with E-state index >= 15 is 0 Å². The van der Waals surface area contributed by atoms with E-state index < -0.39 is 0 Å². The summed E-state index contributed by atoms with van der Waals surface area (Å²) in [6.45, 7) is 3.36. The van der Waals surface area contributed by atoms with Gasteiger partial charge in [-0.05, 0) is 6.32 Å². The molecule has 0 fully saturated rings. The molecule has 2 heteroatoms. The molecule has 0 saturated heterocycles. The Kier molecular flexibility index (Phi) is 3.59. The van der Waals surface area contributed by atoms with E-state index in [1.807, 2.05) is 0 Å². The Morgan fingerprint density at radius 2 is 2.60 bits per heavy atom. The van der Waals surface area contributed by atoms with Crippen molar-refractivity contribution in [2.24, 2.45) is 0 Å². The van der Waals surface area contributed by atoms with E-state index in [9.17, 15) is 0 Å². The number of hydrogen-bond acceptors (Lipinski definition) is 1. The van der Waals surface area contributed by atoms with Crippen molar-refractivity contribution in [3.63, 3.8) is 0 Å². The molecule has 27 valence electrons. The van der Waals surface area contributed by atoms with Gasteiger partial charge in [0.25, 0.3) is 7.48 Å². The maximum absolute atomic E-state index is 7.87. The fraction of sp³-hybridized carbons (Fsp3) is 0.333. The first-order valence-corrected chi connectivity index (χ1v) is 1.48. The summed E-state index contributed by atoms with van der Waals surface area (Å²) < 4.78 is 0. The first-order chi connectivity index (χ1) is 2.41. The van der Waals surface area contributed by atoms with Gasteiger partial charge in [0, 0.05) is 0 Å². The van der Waals surface area contributed by atoms with Crippen molar-refractivity contribution in [2.45, 2.75) is 6.32 Å². The third-order valence-corrected chi connectivity index (χ3v) is 0.272. The fourth-order valence-electron chi connectivity index (χ4n) is 0.0745. The smallest absolute Gasteiger partial charge is 0.291 e.